The summed E-state index contributed by atoms with van der Waals surface area (Å²) in [6.45, 7) is 5.74. The molecule has 0 aromatic carbocycles. The van der Waals surface area contributed by atoms with Crippen LogP contribution in [-0.4, -0.2) is 35.2 Å². The van der Waals surface area contributed by atoms with Gasteiger partial charge in [0, 0.05) is 19.5 Å². The van der Waals surface area contributed by atoms with Gasteiger partial charge in [0.1, 0.15) is 5.71 Å². The molecule has 0 unspecified atom stereocenters. The van der Waals surface area contributed by atoms with Crippen molar-refractivity contribution in [3.63, 3.8) is 0 Å². The van der Waals surface area contributed by atoms with E-state index in [4.69, 9.17) is 4.84 Å². The van der Waals surface area contributed by atoms with Crippen LogP contribution in [0.25, 0.3) is 0 Å². The van der Waals surface area contributed by atoms with Crippen LogP contribution < -0.4 is 0 Å². The van der Waals surface area contributed by atoms with Gasteiger partial charge in [-0.2, -0.15) is 0 Å². The Morgan fingerprint density at radius 1 is 1.60 bits per heavy atom. The Labute approximate surface area is 123 Å². The second-order valence-corrected chi connectivity index (χ2v) is 6.96. The highest BCUT2D eigenvalue weighted by Crippen LogP contribution is 2.31. The maximum Gasteiger partial charge on any atom is 0.269 e. The SMILES string of the molecule is C[C@H]1CCCN(C(=O)[C@]2(C)CC(c3cccs3)=NO2)C1. The number of hydrogen-bond donors (Lipinski definition) is 0. The molecule has 0 aliphatic carbocycles. The molecule has 2 atom stereocenters. The van der Waals surface area contributed by atoms with E-state index in [9.17, 15) is 4.79 Å². The summed E-state index contributed by atoms with van der Waals surface area (Å²) in [6.07, 6.45) is 2.86. The fourth-order valence-corrected chi connectivity index (χ4v) is 3.64. The molecule has 1 saturated heterocycles. The van der Waals surface area contributed by atoms with Crippen molar-refractivity contribution in [3.05, 3.63) is 22.4 Å². The number of oxime groups is 1. The largest absolute Gasteiger partial charge is 0.379 e. The maximum absolute atomic E-state index is 12.7. The van der Waals surface area contributed by atoms with Gasteiger partial charge in [-0.05, 0) is 37.1 Å². The molecule has 108 valence electrons. The number of nitrogens with zero attached hydrogens (tertiary/aromatic N) is 2. The molecular formula is C15H20N2O2S. The van der Waals surface area contributed by atoms with E-state index in [-0.39, 0.29) is 5.91 Å². The molecule has 0 radical (unpaired) electrons. The van der Waals surface area contributed by atoms with Crippen LogP contribution in [0.1, 0.15) is 38.0 Å². The molecule has 4 nitrogen and oxygen atoms in total. The lowest BCUT2D eigenvalue weighted by atomic mass is 9.94. The number of carbonyl (C=O) groups excluding carboxylic acids is 1. The number of likely N-dealkylation sites (tertiary alicyclic amines) is 1. The Morgan fingerprint density at radius 2 is 2.45 bits per heavy atom. The molecule has 0 spiro atoms. The lowest BCUT2D eigenvalue weighted by Gasteiger charge is -2.35. The molecule has 3 heterocycles. The molecule has 20 heavy (non-hydrogen) atoms. The third-order valence-electron chi connectivity index (χ3n) is 4.06. The quantitative estimate of drug-likeness (QED) is 0.841. The summed E-state index contributed by atoms with van der Waals surface area (Å²) in [6, 6.07) is 4.01. The first-order valence-electron chi connectivity index (χ1n) is 7.17. The Hall–Kier alpha value is -1.36. The van der Waals surface area contributed by atoms with Gasteiger partial charge in [-0.15, -0.1) is 11.3 Å². The van der Waals surface area contributed by atoms with Gasteiger partial charge in [-0.3, -0.25) is 4.79 Å². The van der Waals surface area contributed by atoms with Crippen LogP contribution in [0.5, 0.6) is 0 Å². The Morgan fingerprint density at radius 3 is 3.15 bits per heavy atom. The van der Waals surface area contributed by atoms with Gasteiger partial charge >= 0.3 is 0 Å². The Kier molecular flexibility index (Phi) is 3.54. The Bertz CT molecular complexity index is 526. The summed E-state index contributed by atoms with van der Waals surface area (Å²) >= 11 is 1.63. The van der Waals surface area contributed by atoms with Gasteiger partial charge in [0.25, 0.3) is 5.91 Å². The van der Waals surface area contributed by atoms with Crippen molar-refractivity contribution < 1.29 is 9.63 Å². The van der Waals surface area contributed by atoms with Crippen molar-refractivity contribution in [3.8, 4) is 0 Å². The van der Waals surface area contributed by atoms with Crippen molar-refractivity contribution in [2.24, 2.45) is 11.1 Å². The zero-order chi connectivity index (χ0) is 14.2. The van der Waals surface area contributed by atoms with Crippen molar-refractivity contribution in [2.45, 2.75) is 38.7 Å². The number of carbonyl (C=O) groups is 1. The molecule has 0 saturated carbocycles. The molecular weight excluding hydrogens is 272 g/mol. The fourth-order valence-electron chi connectivity index (χ4n) is 2.94. The molecule has 1 aromatic rings. The summed E-state index contributed by atoms with van der Waals surface area (Å²) in [5, 5.41) is 6.16. The minimum Gasteiger partial charge on any atom is -0.379 e. The minimum absolute atomic E-state index is 0.0827. The second kappa shape index (κ2) is 5.20. The maximum atomic E-state index is 12.7. The molecule has 3 rings (SSSR count). The van der Waals surface area contributed by atoms with E-state index in [1.54, 1.807) is 11.3 Å². The number of amides is 1. The lowest BCUT2D eigenvalue weighted by molar-refractivity contribution is -0.155. The average Bonchev–Trinajstić information content (AvgIpc) is 3.07. The number of hydrogen-bond acceptors (Lipinski definition) is 4. The van der Waals surface area contributed by atoms with Crippen LogP contribution in [0.15, 0.2) is 22.7 Å². The smallest absolute Gasteiger partial charge is 0.269 e. The van der Waals surface area contributed by atoms with Crippen molar-refractivity contribution in [1.82, 2.24) is 4.90 Å². The van der Waals surface area contributed by atoms with Gasteiger partial charge in [0.2, 0.25) is 5.60 Å². The van der Waals surface area contributed by atoms with Gasteiger partial charge in [-0.1, -0.05) is 18.1 Å². The normalized spacial score (nSPS) is 30.0. The van der Waals surface area contributed by atoms with Crippen LogP contribution in [0.4, 0.5) is 0 Å². The fraction of sp³-hybridized carbons (Fsp3) is 0.600. The lowest BCUT2D eigenvalue weighted by Crippen LogP contribution is -2.50. The van der Waals surface area contributed by atoms with Crippen LogP contribution in [0, 0.1) is 5.92 Å². The summed E-state index contributed by atoms with van der Waals surface area (Å²) < 4.78 is 0. The Balaban J connectivity index is 1.70. The third-order valence-corrected chi connectivity index (χ3v) is 4.98. The molecule has 0 bridgehead atoms. The summed E-state index contributed by atoms with van der Waals surface area (Å²) in [4.78, 5) is 21.3. The van der Waals surface area contributed by atoms with E-state index in [0.717, 1.165) is 30.1 Å². The average molecular weight is 292 g/mol. The summed E-state index contributed by atoms with van der Waals surface area (Å²) in [7, 11) is 0. The minimum atomic E-state index is -0.823. The topological polar surface area (TPSA) is 41.9 Å². The zero-order valence-corrected chi connectivity index (χ0v) is 12.8. The van der Waals surface area contributed by atoms with E-state index in [0.29, 0.717) is 12.3 Å². The highest BCUT2D eigenvalue weighted by atomic mass is 32.1. The summed E-state index contributed by atoms with van der Waals surface area (Å²) in [5.74, 6) is 0.662. The monoisotopic (exact) mass is 292 g/mol. The molecule has 2 aliphatic heterocycles. The molecule has 1 fully saturated rings. The molecule has 2 aliphatic rings. The highest BCUT2D eigenvalue weighted by molar-refractivity contribution is 7.12. The highest BCUT2D eigenvalue weighted by Gasteiger charge is 2.45. The van der Waals surface area contributed by atoms with Crippen molar-refractivity contribution >= 4 is 23.0 Å². The van der Waals surface area contributed by atoms with Crippen LogP contribution >= 0.6 is 11.3 Å². The van der Waals surface area contributed by atoms with E-state index in [1.165, 1.54) is 6.42 Å². The second-order valence-electron chi connectivity index (χ2n) is 6.01. The van der Waals surface area contributed by atoms with Crippen molar-refractivity contribution in [2.75, 3.05) is 13.1 Å². The first-order valence-corrected chi connectivity index (χ1v) is 8.05. The van der Waals surface area contributed by atoms with Crippen LogP contribution in [-0.2, 0) is 9.63 Å². The zero-order valence-electron chi connectivity index (χ0n) is 12.0. The number of piperidine rings is 1. The number of thiophene rings is 1. The molecule has 1 amide bonds. The standard InChI is InChI=1S/C15H20N2O2S/c1-11-5-3-7-17(10-11)14(18)15(2)9-12(16-19-15)13-6-4-8-20-13/h4,6,8,11H,3,5,7,9-10H2,1-2H3/t11-,15-/m0/s1. The first kappa shape index (κ1) is 13.6. The van der Waals surface area contributed by atoms with E-state index in [2.05, 4.69) is 12.1 Å². The predicted molar refractivity (Wildman–Crippen MR) is 79.9 cm³/mol. The predicted octanol–water partition coefficient (Wildman–Crippen LogP) is 2.89. The third kappa shape index (κ3) is 2.46. The van der Waals surface area contributed by atoms with Crippen LogP contribution in [0.2, 0.25) is 0 Å². The summed E-state index contributed by atoms with van der Waals surface area (Å²) in [5.41, 5.74) is 0.0667. The molecule has 0 N–H and O–H groups in total. The van der Waals surface area contributed by atoms with Crippen LogP contribution in [0.3, 0.4) is 0 Å². The van der Waals surface area contributed by atoms with Crippen molar-refractivity contribution in [1.29, 1.82) is 0 Å². The van der Waals surface area contributed by atoms with Gasteiger partial charge in [0.15, 0.2) is 0 Å². The molecule has 5 heteroatoms. The number of rotatable bonds is 2. The van der Waals surface area contributed by atoms with Gasteiger partial charge < -0.3 is 9.74 Å². The molecule has 1 aromatic heterocycles. The van der Waals surface area contributed by atoms with E-state index >= 15 is 0 Å². The van der Waals surface area contributed by atoms with E-state index in [1.807, 2.05) is 29.3 Å². The van der Waals surface area contributed by atoms with Gasteiger partial charge in [0.05, 0.1) is 4.88 Å². The van der Waals surface area contributed by atoms with Gasteiger partial charge in [-0.25, -0.2) is 0 Å². The van der Waals surface area contributed by atoms with E-state index < -0.39 is 5.60 Å². The first-order chi connectivity index (χ1) is 9.58.